The third-order valence-corrected chi connectivity index (χ3v) is 2.25. The number of aryl methyl sites for hydroxylation is 1. The lowest BCUT2D eigenvalue weighted by molar-refractivity contribution is -0.139. The molecule has 8 heteroatoms. The van der Waals surface area contributed by atoms with Crippen molar-refractivity contribution in [2.75, 3.05) is 0 Å². The third-order valence-electron chi connectivity index (χ3n) is 2.25. The molecule has 0 saturated carbocycles. The van der Waals surface area contributed by atoms with E-state index in [1.807, 2.05) is 0 Å². The number of rotatable bonds is 6. The fourth-order valence-corrected chi connectivity index (χ4v) is 1.32. The molecule has 1 aromatic heterocycles. The molecule has 0 spiro atoms. The zero-order chi connectivity index (χ0) is 13.7. The summed E-state index contributed by atoms with van der Waals surface area (Å²) in [6, 6.07) is -1.15. The van der Waals surface area contributed by atoms with E-state index in [-0.39, 0.29) is 18.4 Å². The second-order valence-corrected chi connectivity index (χ2v) is 3.77. The number of carboxylic acid groups (broad SMARTS) is 1. The maximum absolute atomic E-state index is 11.7. The molecule has 0 saturated heterocycles. The van der Waals surface area contributed by atoms with Crippen LogP contribution in [-0.2, 0) is 16.6 Å². The summed E-state index contributed by atoms with van der Waals surface area (Å²) < 4.78 is 1.42. The zero-order valence-corrected chi connectivity index (χ0v) is 9.79. The molecule has 18 heavy (non-hydrogen) atoms. The molecular weight excluding hydrogens is 240 g/mol. The van der Waals surface area contributed by atoms with Crippen LogP contribution in [0, 0.1) is 0 Å². The number of carbonyl (C=O) groups is 3. The normalized spacial score (nSPS) is 11.8. The van der Waals surface area contributed by atoms with Gasteiger partial charge in [-0.2, -0.15) is 5.10 Å². The average Bonchev–Trinajstić information content (AvgIpc) is 2.70. The molecule has 1 aromatic rings. The summed E-state index contributed by atoms with van der Waals surface area (Å²) in [5.74, 6) is -2.38. The van der Waals surface area contributed by atoms with E-state index in [1.54, 1.807) is 7.05 Å². The lowest BCUT2D eigenvalue weighted by atomic mass is 10.1. The predicted octanol–water partition coefficient (Wildman–Crippen LogP) is -1.13. The number of primary amides is 1. The lowest BCUT2D eigenvalue weighted by Gasteiger charge is -2.12. The zero-order valence-electron chi connectivity index (χ0n) is 9.79. The molecule has 1 rings (SSSR count). The van der Waals surface area contributed by atoms with Crippen molar-refractivity contribution in [3.8, 4) is 0 Å². The number of aliphatic carboxylic acids is 1. The first-order valence-electron chi connectivity index (χ1n) is 5.20. The van der Waals surface area contributed by atoms with Crippen LogP contribution in [-0.4, -0.2) is 38.7 Å². The van der Waals surface area contributed by atoms with Gasteiger partial charge in [0.2, 0.25) is 5.91 Å². The highest BCUT2D eigenvalue weighted by molar-refractivity contribution is 5.96. The Morgan fingerprint density at radius 2 is 2.22 bits per heavy atom. The van der Waals surface area contributed by atoms with E-state index in [9.17, 15) is 14.4 Å². The number of aromatic nitrogens is 2. The van der Waals surface area contributed by atoms with Crippen LogP contribution in [0.4, 0.5) is 0 Å². The topological polar surface area (TPSA) is 127 Å². The Kier molecular flexibility index (Phi) is 4.41. The first kappa shape index (κ1) is 13.7. The van der Waals surface area contributed by atoms with Crippen LogP contribution < -0.4 is 11.1 Å². The summed E-state index contributed by atoms with van der Waals surface area (Å²) in [6.45, 7) is 0. The minimum atomic E-state index is -1.21. The van der Waals surface area contributed by atoms with Gasteiger partial charge in [0.05, 0.1) is 11.8 Å². The van der Waals surface area contributed by atoms with Crippen LogP contribution in [0.2, 0.25) is 0 Å². The molecule has 1 heterocycles. The van der Waals surface area contributed by atoms with Gasteiger partial charge in [0.15, 0.2) is 0 Å². The molecule has 4 N–H and O–H groups in total. The Hall–Kier alpha value is -2.38. The van der Waals surface area contributed by atoms with E-state index in [4.69, 9.17) is 10.8 Å². The van der Waals surface area contributed by atoms with Crippen LogP contribution in [0.5, 0.6) is 0 Å². The Morgan fingerprint density at radius 1 is 1.56 bits per heavy atom. The standard InChI is InChI=1S/C10H14N4O4/c1-14-5-6(4-12-14)9(16)13-7(10(17)18)2-3-8(11)15/h4-5,7H,2-3H2,1H3,(H2,11,15)(H,13,16)(H,17,18)/t7-/m1/s1. The highest BCUT2D eigenvalue weighted by Crippen LogP contribution is 2.01. The Labute approximate surface area is 103 Å². The van der Waals surface area contributed by atoms with E-state index in [0.717, 1.165) is 0 Å². The molecule has 2 amide bonds. The van der Waals surface area contributed by atoms with Crippen LogP contribution >= 0.6 is 0 Å². The van der Waals surface area contributed by atoms with Gasteiger partial charge in [-0.1, -0.05) is 0 Å². The van der Waals surface area contributed by atoms with Gasteiger partial charge in [0.1, 0.15) is 6.04 Å². The number of nitrogens with zero attached hydrogens (tertiary/aromatic N) is 2. The summed E-state index contributed by atoms with van der Waals surface area (Å²) in [5.41, 5.74) is 5.18. The highest BCUT2D eigenvalue weighted by Gasteiger charge is 2.21. The van der Waals surface area contributed by atoms with Crippen molar-refractivity contribution in [1.29, 1.82) is 0 Å². The monoisotopic (exact) mass is 254 g/mol. The molecule has 0 aliphatic heterocycles. The van der Waals surface area contributed by atoms with Crippen LogP contribution in [0.15, 0.2) is 12.4 Å². The van der Waals surface area contributed by atoms with Gasteiger partial charge >= 0.3 is 5.97 Å². The number of carboxylic acids is 1. The molecule has 1 atom stereocenters. The van der Waals surface area contributed by atoms with Crippen LogP contribution in [0.25, 0.3) is 0 Å². The quantitative estimate of drug-likeness (QED) is 0.591. The van der Waals surface area contributed by atoms with Gasteiger partial charge in [-0.05, 0) is 6.42 Å². The molecule has 8 nitrogen and oxygen atoms in total. The van der Waals surface area contributed by atoms with E-state index in [0.29, 0.717) is 0 Å². The van der Waals surface area contributed by atoms with Gasteiger partial charge < -0.3 is 16.2 Å². The first-order chi connectivity index (χ1) is 8.40. The minimum absolute atomic E-state index is 0.0450. The van der Waals surface area contributed by atoms with E-state index >= 15 is 0 Å². The molecule has 0 aliphatic carbocycles. The molecule has 0 bridgehead atoms. The van der Waals surface area contributed by atoms with Crippen molar-refractivity contribution in [3.05, 3.63) is 18.0 Å². The van der Waals surface area contributed by atoms with Gasteiger partial charge in [0, 0.05) is 19.7 Å². The molecule has 0 fully saturated rings. The summed E-state index contributed by atoms with van der Waals surface area (Å²) in [4.78, 5) is 33.2. The molecule has 0 aromatic carbocycles. The molecular formula is C10H14N4O4. The summed E-state index contributed by atoms with van der Waals surface area (Å²) >= 11 is 0. The van der Waals surface area contributed by atoms with Crippen molar-refractivity contribution in [3.63, 3.8) is 0 Å². The van der Waals surface area contributed by atoms with E-state index in [2.05, 4.69) is 10.4 Å². The second-order valence-electron chi connectivity index (χ2n) is 3.77. The van der Waals surface area contributed by atoms with Crippen molar-refractivity contribution in [2.45, 2.75) is 18.9 Å². The van der Waals surface area contributed by atoms with Crippen LogP contribution in [0.1, 0.15) is 23.2 Å². The highest BCUT2D eigenvalue weighted by atomic mass is 16.4. The Morgan fingerprint density at radius 3 is 2.67 bits per heavy atom. The minimum Gasteiger partial charge on any atom is -0.480 e. The fourth-order valence-electron chi connectivity index (χ4n) is 1.32. The van der Waals surface area contributed by atoms with Gasteiger partial charge in [0.25, 0.3) is 5.91 Å². The van der Waals surface area contributed by atoms with Crippen molar-refractivity contribution in [1.82, 2.24) is 15.1 Å². The molecule has 0 radical (unpaired) electrons. The van der Waals surface area contributed by atoms with Crippen molar-refractivity contribution in [2.24, 2.45) is 12.8 Å². The first-order valence-corrected chi connectivity index (χ1v) is 5.20. The number of nitrogens with two attached hydrogens (primary N) is 1. The lowest BCUT2D eigenvalue weighted by Crippen LogP contribution is -2.41. The van der Waals surface area contributed by atoms with Gasteiger partial charge in [-0.25, -0.2) is 4.79 Å². The summed E-state index contributed by atoms with van der Waals surface area (Å²) in [5, 5.41) is 15.0. The smallest absolute Gasteiger partial charge is 0.326 e. The summed E-state index contributed by atoms with van der Waals surface area (Å²) in [7, 11) is 1.64. The maximum atomic E-state index is 11.7. The summed E-state index contributed by atoms with van der Waals surface area (Å²) in [6.07, 6.45) is 2.63. The van der Waals surface area contributed by atoms with E-state index < -0.39 is 23.8 Å². The molecule has 98 valence electrons. The SMILES string of the molecule is Cn1cc(C(=O)N[C@H](CCC(N)=O)C(=O)O)cn1. The molecule has 0 unspecified atom stereocenters. The number of hydrogen-bond acceptors (Lipinski definition) is 4. The van der Waals surface area contributed by atoms with Crippen LogP contribution in [0.3, 0.4) is 0 Å². The van der Waals surface area contributed by atoms with Gasteiger partial charge in [-0.3, -0.25) is 14.3 Å². The fraction of sp³-hybridized carbons (Fsp3) is 0.400. The number of amides is 2. The Balaban J connectivity index is 2.63. The largest absolute Gasteiger partial charge is 0.480 e. The van der Waals surface area contributed by atoms with Crippen molar-refractivity contribution < 1.29 is 19.5 Å². The molecule has 0 aliphatic rings. The van der Waals surface area contributed by atoms with E-state index in [1.165, 1.54) is 17.1 Å². The Bertz CT molecular complexity index is 468. The maximum Gasteiger partial charge on any atom is 0.326 e. The number of nitrogens with one attached hydrogen (secondary N) is 1. The van der Waals surface area contributed by atoms with Gasteiger partial charge in [-0.15, -0.1) is 0 Å². The average molecular weight is 254 g/mol. The second kappa shape index (κ2) is 5.80. The number of hydrogen-bond donors (Lipinski definition) is 3. The number of carbonyl (C=O) groups excluding carboxylic acids is 2. The third kappa shape index (κ3) is 3.89. The van der Waals surface area contributed by atoms with Crippen molar-refractivity contribution >= 4 is 17.8 Å². The predicted molar refractivity (Wildman–Crippen MR) is 60.5 cm³/mol.